The number of carbonyl (C=O) groups is 1. The van der Waals surface area contributed by atoms with E-state index in [2.05, 4.69) is 26.9 Å². The number of hydrogen-bond donors (Lipinski definition) is 2. The summed E-state index contributed by atoms with van der Waals surface area (Å²) in [6, 6.07) is 17.6. The van der Waals surface area contributed by atoms with Gasteiger partial charge < -0.3 is 10.5 Å². The fourth-order valence-corrected chi connectivity index (χ4v) is 2.81. The molecule has 0 aliphatic carbocycles. The highest BCUT2D eigenvalue weighted by Gasteiger charge is 2.22. The first-order chi connectivity index (χ1) is 13.2. The summed E-state index contributed by atoms with van der Waals surface area (Å²) in [6.45, 7) is 1.04. The number of nitrogens with zero attached hydrogens (tertiary/aromatic N) is 4. The molecule has 1 heterocycles. The molecule has 3 N–H and O–H groups in total. The topological polar surface area (TPSA) is 108 Å². The molecular formula is C19H22N6O2. The van der Waals surface area contributed by atoms with Crippen LogP contribution in [0.5, 0.6) is 0 Å². The molecule has 3 rings (SSSR count). The predicted octanol–water partition coefficient (Wildman–Crippen LogP) is 1.18. The van der Waals surface area contributed by atoms with Crippen LogP contribution in [0.25, 0.3) is 0 Å². The normalized spacial score (nSPS) is 11.9. The molecule has 0 radical (unpaired) electrons. The second-order valence-electron chi connectivity index (χ2n) is 6.02. The van der Waals surface area contributed by atoms with Gasteiger partial charge in [-0.3, -0.25) is 10.1 Å². The van der Waals surface area contributed by atoms with Crippen LogP contribution in [0, 0.1) is 0 Å². The number of carbonyl (C=O) groups excluding carboxylic acids is 1. The van der Waals surface area contributed by atoms with Gasteiger partial charge in [-0.2, -0.15) is 0 Å². The van der Waals surface area contributed by atoms with Crippen LogP contribution in [0.1, 0.15) is 28.6 Å². The van der Waals surface area contributed by atoms with Gasteiger partial charge in [-0.25, -0.2) is 4.68 Å². The fourth-order valence-electron chi connectivity index (χ4n) is 2.81. The number of aromatic nitrogens is 4. The first-order valence-electron chi connectivity index (χ1n) is 8.60. The van der Waals surface area contributed by atoms with Gasteiger partial charge in [-0.1, -0.05) is 54.6 Å². The van der Waals surface area contributed by atoms with Gasteiger partial charge in [0, 0.05) is 13.1 Å². The lowest BCUT2D eigenvalue weighted by atomic mass is 10.1. The van der Waals surface area contributed by atoms with Crippen molar-refractivity contribution in [2.24, 2.45) is 5.73 Å². The molecule has 8 heteroatoms. The summed E-state index contributed by atoms with van der Waals surface area (Å²) in [7, 11) is 1.34. The zero-order valence-electron chi connectivity index (χ0n) is 15.1. The van der Waals surface area contributed by atoms with Crippen LogP contribution in [0.4, 0.5) is 0 Å². The van der Waals surface area contributed by atoms with Gasteiger partial charge in [-0.15, -0.1) is 5.10 Å². The standard InChI is InChI=1S/C19H22N6O2/c1-27-17(26)13-25-19(22-23-24-25)18(16-8-3-2-4-9-16)21-12-15-7-5-6-14(10-15)11-20/h2-10,18,21H,11-13,20H2,1H3. The van der Waals surface area contributed by atoms with Gasteiger partial charge in [0.25, 0.3) is 0 Å². The molecule has 0 aliphatic heterocycles. The molecule has 1 unspecified atom stereocenters. The van der Waals surface area contributed by atoms with Crippen molar-refractivity contribution in [1.29, 1.82) is 0 Å². The maximum Gasteiger partial charge on any atom is 0.327 e. The Hall–Kier alpha value is -3.10. The number of ether oxygens (including phenoxy) is 1. The Kier molecular flexibility index (Phi) is 6.24. The fraction of sp³-hybridized carbons (Fsp3) is 0.263. The molecule has 0 amide bonds. The number of esters is 1. The molecule has 27 heavy (non-hydrogen) atoms. The van der Waals surface area contributed by atoms with Crippen LogP contribution in [-0.2, 0) is 29.2 Å². The molecule has 0 aliphatic rings. The Labute approximate surface area is 157 Å². The molecule has 2 aromatic carbocycles. The van der Waals surface area contributed by atoms with Crippen molar-refractivity contribution in [2.75, 3.05) is 7.11 Å². The van der Waals surface area contributed by atoms with Crippen LogP contribution in [0.15, 0.2) is 54.6 Å². The average Bonchev–Trinajstić information content (AvgIpc) is 3.17. The smallest absolute Gasteiger partial charge is 0.327 e. The second kappa shape index (κ2) is 9.02. The summed E-state index contributed by atoms with van der Waals surface area (Å²) in [5, 5.41) is 15.3. The summed E-state index contributed by atoms with van der Waals surface area (Å²) in [5.74, 6) is 0.132. The Morgan fingerprint density at radius 2 is 1.96 bits per heavy atom. The van der Waals surface area contributed by atoms with Crippen LogP contribution in [-0.4, -0.2) is 33.3 Å². The Bertz CT molecular complexity index is 881. The van der Waals surface area contributed by atoms with E-state index in [1.807, 2.05) is 48.5 Å². The Balaban J connectivity index is 1.86. The molecular weight excluding hydrogens is 344 g/mol. The molecule has 0 saturated carbocycles. The van der Waals surface area contributed by atoms with Crippen molar-refractivity contribution in [2.45, 2.75) is 25.7 Å². The summed E-state index contributed by atoms with van der Waals surface area (Å²) < 4.78 is 6.18. The molecule has 0 saturated heterocycles. The lowest BCUT2D eigenvalue weighted by Gasteiger charge is -2.19. The number of tetrazole rings is 1. The first-order valence-corrected chi connectivity index (χ1v) is 8.60. The van der Waals surface area contributed by atoms with Gasteiger partial charge in [-0.05, 0) is 27.1 Å². The van der Waals surface area contributed by atoms with E-state index < -0.39 is 5.97 Å². The summed E-state index contributed by atoms with van der Waals surface area (Å²) in [4.78, 5) is 11.7. The molecule has 3 aromatic rings. The lowest BCUT2D eigenvalue weighted by molar-refractivity contribution is -0.141. The van der Waals surface area contributed by atoms with E-state index in [1.165, 1.54) is 11.8 Å². The van der Waals surface area contributed by atoms with Crippen molar-refractivity contribution in [3.05, 3.63) is 77.1 Å². The van der Waals surface area contributed by atoms with E-state index in [9.17, 15) is 4.79 Å². The summed E-state index contributed by atoms with van der Waals surface area (Å²) in [6.07, 6.45) is 0. The quantitative estimate of drug-likeness (QED) is 0.576. The van der Waals surface area contributed by atoms with Crippen molar-refractivity contribution < 1.29 is 9.53 Å². The van der Waals surface area contributed by atoms with Gasteiger partial charge in [0.2, 0.25) is 0 Å². The lowest BCUT2D eigenvalue weighted by Crippen LogP contribution is -2.27. The first kappa shape index (κ1) is 18.7. The van der Waals surface area contributed by atoms with E-state index in [0.29, 0.717) is 18.9 Å². The summed E-state index contributed by atoms with van der Waals surface area (Å²) in [5.41, 5.74) is 8.90. The molecule has 0 bridgehead atoms. The monoisotopic (exact) mass is 366 g/mol. The zero-order valence-corrected chi connectivity index (χ0v) is 15.1. The van der Waals surface area contributed by atoms with Crippen molar-refractivity contribution in [1.82, 2.24) is 25.5 Å². The minimum atomic E-state index is -0.411. The number of nitrogens with two attached hydrogens (primary N) is 1. The van der Waals surface area contributed by atoms with Gasteiger partial charge >= 0.3 is 5.97 Å². The Morgan fingerprint density at radius 1 is 1.19 bits per heavy atom. The minimum absolute atomic E-state index is 0.0491. The third-order valence-corrected chi connectivity index (χ3v) is 4.19. The molecule has 8 nitrogen and oxygen atoms in total. The maximum absolute atomic E-state index is 11.7. The van der Waals surface area contributed by atoms with Crippen LogP contribution < -0.4 is 11.1 Å². The number of benzene rings is 2. The van der Waals surface area contributed by atoms with Crippen LogP contribution in [0.2, 0.25) is 0 Å². The molecule has 0 fully saturated rings. The van der Waals surface area contributed by atoms with Crippen molar-refractivity contribution >= 4 is 5.97 Å². The average molecular weight is 366 g/mol. The number of methoxy groups -OCH3 is 1. The number of rotatable bonds is 8. The van der Waals surface area contributed by atoms with E-state index in [-0.39, 0.29) is 12.6 Å². The molecule has 1 aromatic heterocycles. The van der Waals surface area contributed by atoms with Gasteiger partial charge in [0.1, 0.15) is 6.54 Å². The maximum atomic E-state index is 11.7. The highest BCUT2D eigenvalue weighted by Crippen LogP contribution is 2.20. The van der Waals surface area contributed by atoms with Gasteiger partial charge in [0.05, 0.1) is 13.2 Å². The van der Waals surface area contributed by atoms with Crippen molar-refractivity contribution in [3.8, 4) is 0 Å². The van der Waals surface area contributed by atoms with Crippen molar-refractivity contribution in [3.63, 3.8) is 0 Å². The van der Waals surface area contributed by atoms with E-state index in [0.717, 1.165) is 16.7 Å². The third kappa shape index (κ3) is 4.75. The SMILES string of the molecule is COC(=O)Cn1nnnc1C(NCc1cccc(CN)c1)c1ccccc1. The Morgan fingerprint density at radius 3 is 2.70 bits per heavy atom. The van der Waals surface area contributed by atoms with Crippen LogP contribution in [0.3, 0.4) is 0 Å². The molecule has 1 atom stereocenters. The van der Waals surface area contributed by atoms with E-state index in [4.69, 9.17) is 10.5 Å². The molecule has 0 spiro atoms. The number of hydrogen-bond acceptors (Lipinski definition) is 7. The largest absolute Gasteiger partial charge is 0.468 e. The summed E-state index contributed by atoms with van der Waals surface area (Å²) >= 11 is 0. The highest BCUT2D eigenvalue weighted by atomic mass is 16.5. The molecule has 140 valence electrons. The van der Waals surface area contributed by atoms with Gasteiger partial charge in [0.15, 0.2) is 5.82 Å². The van der Waals surface area contributed by atoms with Crippen LogP contribution >= 0.6 is 0 Å². The highest BCUT2D eigenvalue weighted by molar-refractivity contribution is 5.68. The third-order valence-electron chi connectivity index (χ3n) is 4.19. The number of nitrogens with one attached hydrogen (secondary N) is 1. The minimum Gasteiger partial charge on any atom is -0.468 e. The zero-order chi connectivity index (χ0) is 19.1. The van der Waals surface area contributed by atoms with E-state index >= 15 is 0 Å². The van der Waals surface area contributed by atoms with E-state index in [1.54, 1.807) is 0 Å². The predicted molar refractivity (Wildman–Crippen MR) is 99.3 cm³/mol. The second-order valence-corrected chi connectivity index (χ2v) is 6.02.